The molecule has 32 heavy (non-hydrogen) atoms. The molecule has 184 valence electrons. The van der Waals surface area contributed by atoms with E-state index in [2.05, 4.69) is 19.9 Å². The van der Waals surface area contributed by atoms with E-state index in [1.807, 2.05) is 6.08 Å². The third kappa shape index (κ3) is 2.87. The molecule has 7 aliphatic rings. The molecule has 0 bridgehead atoms. The normalized spacial score (nSPS) is 51.8. The minimum Gasteiger partial charge on any atom is -0.458 e. The van der Waals surface area contributed by atoms with Gasteiger partial charge in [-0.05, 0) is 74.9 Å². The number of carbonyl (C=O) groups is 2. The SMILES string of the molecule is C[C@]12C=CC(=O)C=C1C1CC1[C@H]1[C@@H]3CC[C@@]4(CCC(=O)O4)[C@@]3(C)CC3O[C@]312.S.S.S.S.S.[HH]. The van der Waals surface area contributed by atoms with Crippen molar-refractivity contribution in [3.05, 3.63) is 23.8 Å². The number of carbonyl (C=O) groups excluding carboxylic acids is 2. The summed E-state index contributed by atoms with van der Waals surface area (Å²) in [5.41, 5.74) is 0.839. The van der Waals surface area contributed by atoms with E-state index < -0.39 is 0 Å². The fourth-order valence-electron chi connectivity index (χ4n) is 8.75. The van der Waals surface area contributed by atoms with Gasteiger partial charge in [-0.3, -0.25) is 9.59 Å². The third-order valence-corrected chi connectivity index (χ3v) is 10.0. The highest BCUT2D eigenvalue weighted by molar-refractivity contribution is 7.60. The molecule has 6 fully saturated rings. The molecular weight excluding hydrogens is 501 g/mol. The van der Waals surface area contributed by atoms with Crippen LogP contribution in [-0.4, -0.2) is 29.1 Å². The highest BCUT2D eigenvalue weighted by atomic mass is 32.1. The van der Waals surface area contributed by atoms with Gasteiger partial charge in [0, 0.05) is 18.7 Å². The Morgan fingerprint density at radius 1 is 1.06 bits per heavy atom. The Morgan fingerprint density at radius 3 is 2.44 bits per heavy atom. The molecule has 0 N–H and O–H groups in total. The van der Waals surface area contributed by atoms with E-state index in [1.165, 1.54) is 12.0 Å². The molecule has 7 rings (SSSR count). The van der Waals surface area contributed by atoms with E-state index in [4.69, 9.17) is 9.47 Å². The summed E-state index contributed by atoms with van der Waals surface area (Å²) < 4.78 is 12.7. The number of hydrogen-bond donors (Lipinski definition) is 0. The van der Waals surface area contributed by atoms with Gasteiger partial charge in [-0.25, -0.2) is 0 Å². The predicted octanol–water partition coefficient (Wildman–Crippen LogP) is 4.17. The van der Waals surface area contributed by atoms with Crippen LogP contribution in [0.3, 0.4) is 0 Å². The largest absolute Gasteiger partial charge is 0.458 e. The van der Waals surface area contributed by atoms with Crippen molar-refractivity contribution < 1.29 is 20.5 Å². The van der Waals surface area contributed by atoms with Gasteiger partial charge in [0.25, 0.3) is 0 Å². The van der Waals surface area contributed by atoms with Gasteiger partial charge in [-0.1, -0.05) is 18.6 Å². The van der Waals surface area contributed by atoms with Crippen LogP contribution in [0.1, 0.15) is 53.8 Å². The summed E-state index contributed by atoms with van der Waals surface area (Å²) in [4.78, 5) is 24.1. The lowest BCUT2D eigenvalue weighted by Gasteiger charge is -2.55. The summed E-state index contributed by atoms with van der Waals surface area (Å²) in [5, 5.41) is 0. The molecule has 0 amide bonds. The molecule has 2 saturated heterocycles. The van der Waals surface area contributed by atoms with Gasteiger partial charge in [0.05, 0.1) is 6.10 Å². The molecule has 0 radical (unpaired) electrons. The van der Waals surface area contributed by atoms with Crippen molar-refractivity contribution >= 4 is 79.2 Å². The number of ether oxygens (including phenoxy) is 2. The topological polar surface area (TPSA) is 55.9 Å². The van der Waals surface area contributed by atoms with Crippen molar-refractivity contribution in [3.63, 3.8) is 0 Å². The Bertz CT molecular complexity index is 913. The summed E-state index contributed by atoms with van der Waals surface area (Å²) in [5.74, 6) is 2.41. The Morgan fingerprint density at radius 2 is 1.78 bits per heavy atom. The molecule has 2 heterocycles. The molecule has 4 nitrogen and oxygen atoms in total. The lowest BCUT2D eigenvalue weighted by atomic mass is 9.47. The van der Waals surface area contributed by atoms with Crippen molar-refractivity contribution in [1.82, 2.24) is 0 Å². The maximum Gasteiger partial charge on any atom is 0.306 e. The molecule has 9 heteroatoms. The summed E-state index contributed by atoms with van der Waals surface area (Å²) in [6, 6.07) is 0. The van der Waals surface area contributed by atoms with Crippen molar-refractivity contribution in [3.8, 4) is 0 Å². The highest BCUT2D eigenvalue weighted by Crippen LogP contribution is 2.82. The summed E-state index contributed by atoms with van der Waals surface area (Å²) >= 11 is 0. The van der Waals surface area contributed by atoms with E-state index in [0.29, 0.717) is 30.1 Å². The molecular formula is C23H38O4S5. The van der Waals surface area contributed by atoms with Gasteiger partial charge in [0.15, 0.2) is 5.78 Å². The van der Waals surface area contributed by atoms with Crippen LogP contribution in [0.2, 0.25) is 0 Å². The molecule has 5 aliphatic carbocycles. The smallest absolute Gasteiger partial charge is 0.306 e. The van der Waals surface area contributed by atoms with Crippen LogP contribution in [-0.2, 0) is 19.1 Å². The van der Waals surface area contributed by atoms with Crippen LogP contribution in [0.4, 0.5) is 0 Å². The van der Waals surface area contributed by atoms with Crippen LogP contribution in [0.15, 0.2) is 23.8 Å². The third-order valence-electron chi connectivity index (χ3n) is 10.0. The zero-order valence-corrected chi connectivity index (χ0v) is 23.5. The van der Waals surface area contributed by atoms with Gasteiger partial charge < -0.3 is 9.47 Å². The maximum absolute atomic E-state index is 12.1. The first kappa shape index (κ1) is 28.6. The van der Waals surface area contributed by atoms with Crippen LogP contribution in [0.5, 0.6) is 0 Å². The Kier molecular flexibility index (Phi) is 7.31. The Balaban J connectivity index is 0.000000907. The quantitative estimate of drug-likeness (QED) is 0.343. The predicted molar refractivity (Wildman–Crippen MR) is 151 cm³/mol. The summed E-state index contributed by atoms with van der Waals surface area (Å²) in [6.45, 7) is 4.70. The van der Waals surface area contributed by atoms with Gasteiger partial charge in [0.2, 0.25) is 0 Å². The molecule has 0 aromatic carbocycles. The number of hydrogen-bond acceptors (Lipinski definition) is 4. The maximum atomic E-state index is 12.1. The number of esters is 1. The van der Waals surface area contributed by atoms with Crippen LogP contribution < -0.4 is 0 Å². The second-order valence-corrected chi connectivity index (χ2v) is 10.7. The lowest BCUT2D eigenvalue weighted by Crippen LogP contribution is -2.60. The van der Waals surface area contributed by atoms with E-state index in [1.54, 1.807) is 6.08 Å². The van der Waals surface area contributed by atoms with Crippen molar-refractivity contribution in [2.45, 2.75) is 69.7 Å². The van der Waals surface area contributed by atoms with Gasteiger partial charge in [-0.15, -0.1) is 0 Å². The molecule has 0 aromatic heterocycles. The first-order valence-electron chi connectivity index (χ1n) is 10.7. The standard InChI is InChI=1S/C23H26O4.5H2S.H2/c1-20-6-3-12(24)9-16(20)13-10-14(13)19-15-4-7-22(8-5-18(25)27-22)21(15,2)11-17-23(19,20)26-17;;;;;;/h3,6,9,13-15,17,19H,4-5,7-8,10-11H2,1-2H3;5*1H2;1H/t13?,14?,15-,17?,19-,20-,21-,22+,23+;;;;;;/m0....../s1. The van der Waals surface area contributed by atoms with Crippen molar-refractivity contribution in [1.29, 1.82) is 0 Å². The average Bonchev–Trinajstić information content (AvgIpc) is 3.49. The zero-order valence-electron chi connectivity index (χ0n) is 18.5. The van der Waals surface area contributed by atoms with E-state index in [9.17, 15) is 9.59 Å². The minimum atomic E-state index is -0.257. The molecule has 2 spiro atoms. The van der Waals surface area contributed by atoms with Crippen LogP contribution in [0.25, 0.3) is 0 Å². The average molecular weight is 539 g/mol. The lowest BCUT2D eigenvalue weighted by molar-refractivity contribution is -0.164. The Hall–Kier alpha value is 0.330. The molecule has 0 aromatic rings. The zero-order chi connectivity index (χ0) is 18.4. The number of fused-ring (bicyclic) bond motifs is 7. The first-order chi connectivity index (χ1) is 12.8. The summed E-state index contributed by atoms with van der Waals surface area (Å²) in [6.07, 6.45) is 11.9. The fraction of sp³-hybridized carbons (Fsp3) is 0.739. The van der Waals surface area contributed by atoms with Crippen LogP contribution in [0, 0.1) is 34.5 Å². The molecule has 9 atom stereocenters. The van der Waals surface area contributed by atoms with Gasteiger partial charge in [0.1, 0.15) is 11.2 Å². The number of ketones is 1. The second kappa shape index (κ2) is 8.19. The van der Waals surface area contributed by atoms with Gasteiger partial charge >= 0.3 is 5.97 Å². The van der Waals surface area contributed by atoms with E-state index in [0.717, 1.165) is 25.7 Å². The highest BCUT2D eigenvalue weighted by Gasteiger charge is 2.85. The van der Waals surface area contributed by atoms with E-state index >= 15 is 0 Å². The van der Waals surface area contributed by atoms with Crippen molar-refractivity contribution in [2.75, 3.05) is 0 Å². The Labute approximate surface area is 226 Å². The fourth-order valence-corrected chi connectivity index (χ4v) is 8.75. The van der Waals surface area contributed by atoms with Crippen LogP contribution >= 0.6 is 67.5 Å². The molecule has 4 saturated carbocycles. The van der Waals surface area contributed by atoms with Crippen molar-refractivity contribution in [2.24, 2.45) is 34.5 Å². The van der Waals surface area contributed by atoms with Gasteiger partial charge in [-0.2, -0.15) is 67.5 Å². The second-order valence-electron chi connectivity index (χ2n) is 10.7. The summed E-state index contributed by atoms with van der Waals surface area (Å²) in [7, 11) is 0. The minimum absolute atomic E-state index is 0. The van der Waals surface area contributed by atoms with E-state index in [-0.39, 0.29) is 109 Å². The number of epoxide rings is 1. The molecule has 2 aliphatic heterocycles. The number of allylic oxidation sites excluding steroid dienone is 2. The monoisotopic (exact) mass is 538 g/mol. The number of rotatable bonds is 0. The first-order valence-corrected chi connectivity index (χ1v) is 10.7. The molecule has 3 unspecified atom stereocenters.